The van der Waals surface area contributed by atoms with E-state index in [0.29, 0.717) is 41.7 Å². The SMILES string of the molecule is CC(=O)c1ccccc1N=C(C)CN1CCN(C(=O)COc2ccc(Cl)cc2)CC1. The van der Waals surface area contributed by atoms with Crippen molar-refractivity contribution in [3.8, 4) is 5.75 Å². The zero-order chi connectivity index (χ0) is 21.5. The Morgan fingerprint density at radius 1 is 1.00 bits per heavy atom. The molecule has 1 saturated heterocycles. The molecule has 0 radical (unpaired) electrons. The van der Waals surface area contributed by atoms with Gasteiger partial charge in [-0.2, -0.15) is 0 Å². The molecule has 6 nitrogen and oxygen atoms in total. The molecule has 1 amide bonds. The molecular formula is C23H26ClN3O3. The number of rotatable bonds is 7. The van der Waals surface area contributed by atoms with Gasteiger partial charge >= 0.3 is 0 Å². The van der Waals surface area contributed by atoms with E-state index in [9.17, 15) is 9.59 Å². The highest BCUT2D eigenvalue weighted by Gasteiger charge is 2.21. The lowest BCUT2D eigenvalue weighted by molar-refractivity contribution is -0.135. The van der Waals surface area contributed by atoms with E-state index < -0.39 is 0 Å². The van der Waals surface area contributed by atoms with E-state index in [-0.39, 0.29) is 18.3 Å². The molecule has 2 aromatic rings. The van der Waals surface area contributed by atoms with E-state index in [4.69, 9.17) is 16.3 Å². The van der Waals surface area contributed by atoms with E-state index >= 15 is 0 Å². The van der Waals surface area contributed by atoms with Crippen LogP contribution >= 0.6 is 11.6 Å². The highest BCUT2D eigenvalue weighted by Crippen LogP contribution is 2.20. The van der Waals surface area contributed by atoms with E-state index in [1.165, 1.54) is 0 Å². The average molecular weight is 428 g/mol. The number of halogens is 1. The number of hydrogen-bond acceptors (Lipinski definition) is 5. The number of carbonyl (C=O) groups excluding carboxylic acids is 2. The lowest BCUT2D eigenvalue weighted by Crippen LogP contribution is -2.50. The number of amides is 1. The number of ether oxygens (including phenoxy) is 1. The van der Waals surface area contributed by atoms with Crippen molar-refractivity contribution < 1.29 is 14.3 Å². The monoisotopic (exact) mass is 427 g/mol. The number of aliphatic imine (C=N–C) groups is 1. The maximum absolute atomic E-state index is 12.4. The van der Waals surface area contributed by atoms with Crippen LogP contribution in [0.1, 0.15) is 24.2 Å². The summed E-state index contributed by atoms with van der Waals surface area (Å²) in [6.45, 7) is 7.09. The Hall–Kier alpha value is -2.70. The fourth-order valence-electron chi connectivity index (χ4n) is 3.36. The summed E-state index contributed by atoms with van der Waals surface area (Å²) in [7, 11) is 0. The Kier molecular flexibility index (Phi) is 7.60. The van der Waals surface area contributed by atoms with Gasteiger partial charge in [-0.25, -0.2) is 0 Å². The molecule has 158 valence electrons. The summed E-state index contributed by atoms with van der Waals surface area (Å²) in [4.78, 5) is 32.9. The van der Waals surface area contributed by atoms with Crippen molar-refractivity contribution in [1.82, 2.24) is 9.80 Å². The fourth-order valence-corrected chi connectivity index (χ4v) is 3.48. The maximum Gasteiger partial charge on any atom is 0.260 e. The van der Waals surface area contributed by atoms with Crippen molar-refractivity contribution in [3.05, 3.63) is 59.1 Å². The zero-order valence-corrected chi connectivity index (χ0v) is 18.1. The van der Waals surface area contributed by atoms with Crippen LogP contribution < -0.4 is 4.74 Å². The molecule has 3 rings (SSSR count). The second-order valence-electron chi connectivity index (χ2n) is 7.32. The van der Waals surface area contributed by atoms with Crippen molar-refractivity contribution in [2.45, 2.75) is 13.8 Å². The molecule has 7 heteroatoms. The van der Waals surface area contributed by atoms with Crippen molar-refractivity contribution in [2.24, 2.45) is 4.99 Å². The van der Waals surface area contributed by atoms with Gasteiger partial charge in [-0.15, -0.1) is 0 Å². The van der Waals surface area contributed by atoms with Gasteiger partial charge < -0.3 is 9.64 Å². The zero-order valence-electron chi connectivity index (χ0n) is 17.3. The average Bonchev–Trinajstić information content (AvgIpc) is 2.74. The number of Topliss-reactive ketones (excluding diaryl/α,β-unsaturated/α-hetero) is 1. The molecule has 0 unspecified atom stereocenters. The molecule has 0 aromatic heterocycles. The summed E-state index contributed by atoms with van der Waals surface area (Å²) >= 11 is 5.85. The van der Waals surface area contributed by atoms with Gasteiger partial charge in [-0.05, 0) is 50.2 Å². The van der Waals surface area contributed by atoms with Gasteiger partial charge in [0.15, 0.2) is 12.4 Å². The number of carbonyl (C=O) groups is 2. The van der Waals surface area contributed by atoms with Crippen LogP contribution in [0.15, 0.2) is 53.5 Å². The van der Waals surface area contributed by atoms with E-state index in [2.05, 4.69) is 9.89 Å². The van der Waals surface area contributed by atoms with Crippen LogP contribution in [-0.2, 0) is 4.79 Å². The minimum atomic E-state index is -0.0228. The van der Waals surface area contributed by atoms with Crippen LogP contribution in [0.5, 0.6) is 5.75 Å². The molecule has 1 aliphatic rings. The van der Waals surface area contributed by atoms with E-state index in [1.807, 2.05) is 30.0 Å². The molecule has 0 N–H and O–H groups in total. The molecular weight excluding hydrogens is 402 g/mol. The Morgan fingerprint density at radius 2 is 1.67 bits per heavy atom. The van der Waals surface area contributed by atoms with Crippen LogP contribution in [0, 0.1) is 0 Å². The van der Waals surface area contributed by atoms with Gasteiger partial charge in [0.1, 0.15) is 5.75 Å². The first kappa shape index (κ1) is 22.0. The van der Waals surface area contributed by atoms with Gasteiger partial charge in [0.25, 0.3) is 5.91 Å². The summed E-state index contributed by atoms with van der Waals surface area (Å²) in [6, 6.07) is 14.4. The Morgan fingerprint density at radius 3 is 2.33 bits per heavy atom. The molecule has 0 bridgehead atoms. The number of ketones is 1. The first-order valence-corrected chi connectivity index (χ1v) is 10.3. The minimum Gasteiger partial charge on any atom is -0.484 e. The highest BCUT2D eigenvalue weighted by atomic mass is 35.5. The summed E-state index contributed by atoms with van der Waals surface area (Å²) in [6.07, 6.45) is 0. The maximum atomic E-state index is 12.4. The molecule has 1 fully saturated rings. The van der Waals surface area contributed by atoms with Crippen LogP contribution in [0.3, 0.4) is 0 Å². The van der Waals surface area contributed by atoms with Crippen molar-refractivity contribution in [3.63, 3.8) is 0 Å². The number of hydrogen-bond donors (Lipinski definition) is 0. The molecule has 0 spiro atoms. The Balaban J connectivity index is 1.47. The Labute approximate surface area is 182 Å². The summed E-state index contributed by atoms with van der Waals surface area (Å²) < 4.78 is 5.55. The second kappa shape index (κ2) is 10.4. The largest absolute Gasteiger partial charge is 0.484 e. The third-order valence-electron chi connectivity index (χ3n) is 4.95. The lowest BCUT2D eigenvalue weighted by atomic mass is 10.1. The van der Waals surface area contributed by atoms with Crippen LogP contribution in [0.25, 0.3) is 0 Å². The summed E-state index contributed by atoms with van der Waals surface area (Å²) in [5.41, 5.74) is 2.28. The van der Waals surface area contributed by atoms with Gasteiger partial charge in [-0.1, -0.05) is 23.7 Å². The minimum absolute atomic E-state index is 0.00935. The molecule has 1 aliphatic heterocycles. The van der Waals surface area contributed by atoms with Crippen molar-refractivity contribution in [1.29, 1.82) is 0 Å². The third kappa shape index (κ3) is 6.15. The molecule has 0 atom stereocenters. The predicted molar refractivity (Wildman–Crippen MR) is 119 cm³/mol. The molecule has 30 heavy (non-hydrogen) atoms. The van der Waals surface area contributed by atoms with Gasteiger partial charge in [0, 0.05) is 49.0 Å². The Bertz CT molecular complexity index is 920. The van der Waals surface area contributed by atoms with Gasteiger partial charge in [0.05, 0.1) is 5.69 Å². The van der Waals surface area contributed by atoms with Crippen molar-refractivity contribution in [2.75, 3.05) is 39.3 Å². The van der Waals surface area contributed by atoms with Crippen LogP contribution in [-0.4, -0.2) is 66.5 Å². The highest BCUT2D eigenvalue weighted by molar-refractivity contribution is 6.30. The smallest absolute Gasteiger partial charge is 0.260 e. The first-order chi connectivity index (χ1) is 14.4. The fraction of sp³-hybridized carbons (Fsp3) is 0.348. The number of benzene rings is 2. The second-order valence-corrected chi connectivity index (χ2v) is 7.76. The standard InChI is InChI=1S/C23H26ClN3O3/c1-17(25-22-6-4-3-5-21(22)18(2)28)15-26-11-13-27(14-12-26)23(29)16-30-20-9-7-19(24)8-10-20/h3-10H,11-16H2,1-2H3. The molecule has 2 aromatic carbocycles. The normalized spacial score (nSPS) is 15.2. The van der Waals surface area contributed by atoms with Crippen LogP contribution in [0.4, 0.5) is 5.69 Å². The van der Waals surface area contributed by atoms with Crippen molar-refractivity contribution >= 4 is 34.7 Å². The van der Waals surface area contributed by atoms with Crippen LogP contribution in [0.2, 0.25) is 5.02 Å². The molecule has 0 aliphatic carbocycles. The van der Waals surface area contributed by atoms with E-state index in [1.54, 1.807) is 37.3 Å². The summed E-state index contributed by atoms with van der Waals surface area (Å²) in [5, 5.41) is 0.633. The van der Waals surface area contributed by atoms with Gasteiger partial charge in [0.2, 0.25) is 0 Å². The topological polar surface area (TPSA) is 62.2 Å². The lowest BCUT2D eigenvalue weighted by Gasteiger charge is -2.34. The van der Waals surface area contributed by atoms with Gasteiger partial charge in [-0.3, -0.25) is 19.5 Å². The molecule has 1 heterocycles. The third-order valence-corrected chi connectivity index (χ3v) is 5.20. The predicted octanol–water partition coefficient (Wildman–Crippen LogP) is 3.86. The number of nitrogens with zero attached hydrogens (tertiary/aromatic N) is 3. The summed E-state index contributed by atoms with van der Waals surface area (Å²) in [5.74, 6) is 0.615. The van der Waals surface area contributed by atoms with E-state index in [0.717, 1.165) is 18.8 Å². The number of piperazine rings is 1. The number of para-hydroxylation sites is 1. The first-order valence-electron chi connectivity index (χ1n) is 9.95. The quantitative estimate of drug-likeness (QED) is 0.497. The molecule has 0 saturated carbocycles.